The molecular formula is C19H33N3O4S. The first-order valence-corrected chi connectivity index (χ1v) is 10.5. The molecule has 0 unspecified atom stereocenters. The number of carbonyl (C=O) groups excluding carboxylic acids is 3. The van der Waals surface area contributed by atoms with Gasteiger partial charge in [-0.1, -0.05) is 19.3 Å². The largest absolute Gasteiger partial charge is 0.459 e. The first kappa shape index (κ1) is 22.0. The smallest absolute Gasteiger partial charge is 0.325 e. The van der Waals surface area contributed by atoms with E-state index < -0.39 is 22.4 Å². The second-order valence-corrected chi connectivity index (χ2v) is 10.9. The molecule has 1 aliphatic carbocycles. The summed E-state index contributed by atoms with van der Waals surface area (Å²) in [5, 5.41) is 2.67. The second kappa shape index (κ2) is 7.99. The van der Waals surface area contributed by atoms with E-state index in [1.54, 1.807) is 37.4 Å². The van der Waals surface area contributed by atoms with E-state index in [2.05, 4.69) is 5.32 Å². The molecule has 154 valence electrons. The highest BCUT2D eigenvalue weighted by molar-refractivity contribution is 8.02. The van der Waals surface area contributed by atoms with Crippen LogP contribution in [0.4, 0.5) is 0 Å². The summed E-state index contributed by atoms with van der Waals surface area (Å²) >= 11 is 1.70. The van der Waals surface area contributed by atoms with Crippen LogP contribution in [0.25, 0.3) is 0 Å². The number of hydrogen-bond acceptors (Lipinski definition) is 6. The summed E-state index contributed by atoms with van der Waals surface area (Å²) in [6, 6.07) is -0.668. The van der Waals surface area contributed by atoms with Gasteiger partial charge in [0.15, 0.2) is 0 Å². The Hall–Kier alpha value is -1.28. The molecular weight excluding hydrogens is 366 g/mol. The maximum atomic E-state index is 13.0. The van der Waals surface area contributed by atoms with Gasteiger partial charge in [0.05, 0.1) is 11.4 Å². The zero-order valence-corrected chi connectivity index (χ0v) is 17.9. The van der Waals surface area contributed by atoms with Crippen molar-refractivity contribution in [1.82, 2.24) is 10.2 Å². The average Bonchev–Trinajstić information content (AvgIpc) is 2.77. The van der Waals surface area contributed by atoms with Crippen LogP contribution in [0.2, 0.25) is 0 Å². The normalized spacial score (nSPS) is 23.9. The monoisotopic (exact) mass is 399 g/mol. The zero-order chi connectivity index (χ0) is 20.5. The molecule has 8 heteroatoms. The number of thioether (sulfide) groups is 1. The van der Waals surface area contributed by atoms with Gasteiger partial charge in [-0.25, -0.2) is 0 Å². The molecule has 2 aliphatic rings. The Morgan fingerprint density at radius 3 is 2.30 bits per heavy atom. The molecule has 0 aromatic carbocycles. The molecule has 0 aromatic rings. The van der Waals surface area contributed by atoms with Crippen LogP contribution < -0.4 is 11.1 Å². The molecule has 1 saturated heterocycles. The molecule has 3 N–H and O–H groups in total. The van der Waals surface area contributed by atoms with Crippen molar-refractivity contribution in [2.24, 2.45) is 5.73 Å². The fourth-order valence-corrected chi connectivity index (χ4v) is 6.23. The van der Waals surface area contributed by atoms with Crippen molar-refractivity contribution in [2.75, 3.05) is 13.1 Å². The van der Waals surface area contributed by atoms with Crippen molar-refractivity contribution in [3.63, 3.8) is 0 Å². The summed E-state index contributed by atoms with van der Waals surface area (Å²) in [5.74, 6) is -1.04. The Labute approximate surface area is 166 Å². The average molecular weight is 400 g/mol. The first-order chi connectivity index (χ1) is 12.4. The number of nitrogens with two attached hydrogens (primary N) is 1. The Balaban J connectivity index is 2.19. The van der Waals surface area contributed by atoms with E-state index in [0.717, 1.165) is 32.1 Å². The van der Waals surface area contributed by atoms with Crippen LogP contribution in [0.15, 0.2) is 0 Å². The fourth-order valence-electron chi connectivity index (χ4n) is 4.12. The molecule has 2 fully saturated rings. The molecule has 1 spiro atoms. The van der Waals surface area contributed by atoms with Gasteiger partial charge in [0.25, 0.3) is 0 Å². The Morgan fingerprint density at radius 1 is 1.19 bits per heavy atom. The third-order valence-electron chi connectivity index (χ3n) is 4.96. The molecule has 0 aromatic heterocycles. The van der Waals surface area contributed by atoms with Gasteiger partial charge in [0.2, 0.25) is 11.8 Å². The number of amides is 2. The van der Waals surface area contributed by atoms with Crippen molar-refractivity contribution in [3.8, 4) is 0 Å². The second-order valence-electron chi connectivity index (χ2n) is 8.89. The number of carbonyl (C=O) groups is 3. The lowest BCUT2D eigenvalue weighted by Gasteiger charge is -2.42. The maximum absolute atomic E-state index is 13.0. The highest BCUT2D eigenvalue weighted by Crippen LogP contribution is 2.57. The lowest BCUT2D eigenvalue weighted by atomic mass is 9.90. The zero-order valence-electron chi connectivity index (χ0n) is 17.1. The summed E-state index contributed by atoms with van der Waals surface area (Å²) in [6.07, 6.45) is 4.93. The molecule has 7 nitrogen and oxygen atoms in total. The molecule has 2 amide bonds. The Morgan fingerprint density at radius 2 is 1.78 bits per heavy atom. The van der Waals surface area contributed by atoms with Crippen molar-refractivity contribution in [2.45, 2.75) is 88.0 Å². The van der Waals surface area contributed by atoms with Crippen LogP contribution >= 0.6 is 11.8 Å². The number of hydrogen-bond donors (Lipinski definition) is 2. The molecule has 1 atom stereocenters. The highest BCUT2D eigenvalue weighted by Gasteiger charge is 2.60. The predicted molar refractivity (Wildman–Crippen MR) is 106 cm³/mol. The van der Waals surface area contributed by atoms with E-state index in [0.29, 0.717) is 0 Å². The van der Waals surface area contributed by atoms with Crippen molar-refractivity contribution in [1.29, 1.82) is 0 Å². The van der Waals surface area contributed by atoms with E-state index in [1.165, 1.54) is 0 Å². The van der Waals surface area contributed by atoms with E-state index in [9.17, 15) is 14.4 Å². The Bertz CT molecular complexity index is 594. The summed E-state index contributed by atoms with van der Waals surface area (Å²) in [7, 11) is 0. The molecule has 1 heterocycles. The van der Waals surface area contributed by atoms with Gasteiger partial charge >= 0.3 is 5.97 Å². The van der Waals surface area contributed by atoms with E-state index in [-0.39, 0.29) is 29.8 Å². The van der Waals surface area contributed by atoms with Crippen LogP contribution in [0.3, 0.4) is 0 Å². The summed E-state index contributed by atoms with van der Waals surface area (Å²) in [5.41, 5.74) is 5.06. The number of ether oxygens (including phenoxy) is 1. The third-order valence-corrected chi connectivity index (χ3v) is 6.70. The summed E-state index contributed by atoms with van der Waals surface area (Å²) < 4.78 is 4.78. The summed E-state index contributed by atoms with van der Waals surface area (Å²) in [4.78, 5) is 39.0. The fraction of sp³-hybridized carbons (Fsp3) is 0.842. The number of rotatable bonds is 4. The molecule has 27 heavy (non-hydrogen) atoms. The Kier molecular flexibility index (Phi) is 6.52. The van der Waals surface area contributed by atoms with Gasteiger partial charge in [-0.05, 0) is 47.5 Å². The van der Waals surface area contributed by atoms with Crippen LogP contribution in [0, 0.1) is 0 Å². The van der Waals surface area contributed by atoms with Gasteiger partial charge in [-0.2, -0.15) is 0 Å². The van der Waals surface area contributed by atoms with Gasteiger partial charge < -0.3 is 20.7 Å². The van der Waals surface area contributed by atoms with Gasteiger partial charge in [0, 0.05) is 4.75 Å². The highest BCUT2D eigenvalue weighted by atomic mass is 32.2. The van der Waals surface area contributed by atoms with E-state index in [4.69, 9.17) is 10.5 Å². The first-order valence-electron chi connectivity index (χ1n) is 9.64. The predicted octanol–water partition coefficient (Wildman–Crippen LogP) is 1.79. The molecule has 1 aliphatic heterocycles. The van der Waals surface area contributed by atoms with Crippen molar-refractivity contribution < 1.29 is 19.1 Å². The third kappa shape index (κ3) is 4.96. The minimum atomic E-state index is -0.668. The molecule has 0 radical (unpaired) electrons. The minimum absolute atomic E-state index is 0.131. The van der Waals surface area contributed by atoms with Gasteiger partial charge in [0.1, 0.15) is 18.2 Å². The van der Waals surface area contributed by atoms with Crippen LogP contribution in [-0.4, -0.2) is 57.0 Å². The molecule has 2 rings (SSSR count). The molecule has 1 saturated carbocycles. The van der Waals surface area contributed by atoms with Gasteiger partial charge in [-0.15, -0.1) is 11.8 Å². The van der Waals surface area contributed by atoms with E-state index in [1.807, 2.05) is 13.8 Å². The molecule has 0 bridgehead atoms. The van der Waals surface area contributed by atoms with Crippen LogP contribution in [0.5, 0.6) is 0 Å². The number of esters is 1. The summed E-state index contributed by atoms with van der Waals surface area (Å²) in [6.45, 7) is 8.94. The minimum Gasteiger partial charge on any atom is -0.459 e. The lowest BCUT2D eigenvalue weighted by molar-refractivity contribution is -0.155. The van der Waals surface area contributed by atoms with Crippen LogP contribution in [0.1, 0.15) is 66.7 Å². The standard InChI is InChI=1S/C19H33N3O4S/c1-17(2,3)26-14(24)12-21-16(25)15-18(4,5)27-19(9-7-6-8-10-19)22(15)13(23)11-20/h15H,6-12,20H2,1-5H3,(H,21,25)/t15-/m0/s1. The topological polar surface area (TPSA) is 102 Å². The number of nitrogens with one attached hydrogen (secondary N) is 1. The quantitative estimate of drug-likeness (QED) is 0.699. The van der Waals surface area contributed by atoms with Gasteiger partial charge in [-0.3, -0.25) is 14.4 Å². The van der Waals surface area contributed by atoms with E-state index >= 15 is 0 Å². The maximum Gasteiger partial charge on any atom is 0.325 e. The van der Waals surface area contributed by atoms with Crippen molar-refractivity contribution in [3.05, 3.63) is 0 Å². The van der Waals surface area contributed by atoms with Crippen molar-refractivity contribution >= 4 is 29.5 Å². The van der Waals surface area contributed by atoms with Crippen LogP contribution in [-0.2, 0) is 19.1 Å². The SMILES string of the molecule is CC(C)(C)OC(=O)CNC(=O)[C@@H]1N(C(=O)CN)C2(CCCCC2)SC1(C)C. The number of nitrogens with zero attached hydrogens (tertiary/aromatic N) is 1. The lowest BCUT2D eigenvalue weighted by Crippen LogP contribution is -2.59.